The highest BCUT2D eigenvalue weighted by molar-refractivity contribution is 9.10. The Morgan fingerprint density at radius 2 is 1.56 bits per heavy atom. The highest BCUT2D eigenvalue weighted by Crippen LogP contribution is 2.30. The van der Waals surface area contributed by atoms with Crippen molar-refractivity contribution in [3.63, 3.8) is 0 Å². The SMILES string of the molecule is O=C(N/N=C/c1cc(Br)ccc1OC(=O)c1ccc(Br)cc1)c1ccc2c(c1)OCCO2. The molecule has 0 bridgehead atoms. The zero-order chi connectivity index (χ0) is 22.5. The second-order valence-corrected chi connectivity index (χ2v) is 8.47. The van der Waals surface area contributed by atoms with E-state index in [2.05, 4.69) is 42.4 Å². The third kappa shape index (κ3) is 5.35. The van der Waals surface area contributed by atoms with E-state index in [4.69, 9.17) is 14.2 Å². The van der Waals surface area contributed by atoms with Crippen molar-refractivity contribution in [2.45, 2.75) is 0 Å². The lowest BCUT2D eigenvalue weighted by Crippen LogP contribution is -2.19. The number of nitrogens with one attached hydrogen (secondary N) is 1. The number of halogens is 2. The molecule has 3 aromatic rings. The summed E-state index contributed by atoms with van der Waals surface area (Å²) in [6, 6.07) is 16.9. The smallest absolute Gasteiger partial charge is 0.343 e. The maximum Gasteiger partial charge on any atom is 0.343 e. The maximum absolute atomic E-state index is 12.5. The molecule has 1 heterocycles. The number of fused-ring (bicyclic) bond motifs is 1. The van der Waals surface area contributed by atoms with E-state index in [9.17, 15) is 9.59 Å². The van der Waals surface area contributed by atoms with Gasteiger partial charge in [0.2, 0.25) is 0 Å². The van der Waals surface area contributed by atoms with Crippen LogP contribution >= 0.6 is 31.9 Å². The Morgan fingerprint density at radius 1 is 0.875 bits per heavy atom. The van der Waals surface area contributed by atoms with Crippen molar-refractivity contribution in [2.24, 2.45) is 5.10 Å². The van der Waals surface area contributed by atoms with E-state index in [0.29, 0.717) is 47.2 Å². The Labute approximate surface area is 200 Å². The minimum absolute atomic E-state index is 0.304. The zero-order valence-corrected chi connectivity index (χ0v) is 19.7. The first-order chi connectivity index (χ1) is 15.5. The minimum atomic E-state index is -0.505. The zero-order valence-electron chi connectivity index (χ0n) is 16.5. The summed E-state index contributed by atoms with van der Waals surface area (Å²) in [5.41, 5.74) is 3.76. The highest BCUT2D eigenvalue weighted by Gasteiger charge is 2.15. The second kappa shape index (κ2) is 9.97. The van der Waals surface area contributed by atoms with Crippen molar-refractivity contribution >= 4 is 50.0 Å². The van der Waals surface area contributed by atoms with Crippen LogP contribution in [0.25, 0.3) is 0 Å². The molecule has 0 aliphatic carbocycles. The summed E-state index contributed by atoms with van der Waals surface area (Å²) in [4.78, 5) is 24.9. The lowest BCUT2D eigenvalue weighted by molar-refractivity contribution is 0.0734. The second-order valence-electron chi connectivity index (χ2n) is 6.64. The molecule has 7 nitrogen and oxygen atoms in total. The van der Waals surface area contributed by atoms with Gasteiger partial charge in [-0.2, -0.15) is 5.10 Å². The predicted molar refractivity (Wildman–Crippen MR) is 126 cm³/mol. The van der Waals surface area contributed by atoms with E-state index in [1.165, 1.54) is 6.21 Å². The summed E-state index contributed by atoms with van der Waals surface area (Å²) >= 11 is 6.72. The van der Waals surface area contributed by atoms with Crippen molar-refractivity contribution in [3.05, 3.63) is 86.3 Å². The Balaban J connectivity index is 1.46. The molecule has 162 valence electrons. The molecule has 0 saturated carbocycles. The van der Waals surface area contributed by atoms with Crippen LogP contribution in [0.3, 0.4) is 0 Å². The number of nitrogens with zero attached hydrogens (tertiary/aromatic N) is 1. The maximum atomic E-state index is 12.5. The number of hydrazone groups is 1. The average molecular weight is 560 g/mol. The Bertz CT molecular complexity index is 1200. The quantitative estimate of drug-likeness (QED) is 0.206. The molecule has 1 amide bonds. The number of hydrogen-bond acceptors (Lipinski definition) is 6. The van der Waals surface area contributed by atoms with Crippen molar-refractivity contribution in [1.29, 1.82) is 0 Å². The van der Waals surface area contributed by atoms with Crippen LogP contribution in [-0.2, 0) is 0 Å². The fraction of sp³-hybridized carbons (Fsp3) is 0.0870. The topological polar surface area (TPSA) is 86.2 Å². The lowest BCUT2D eigenvalue weighted by atomic mass is 10.2. The standard InChI is InChI=1S/C23H16Br2N2O5/c24-17-4-1-14(2-5-17)23(29)32-19-8-6-18(25)11-16(19)13-26-27-22(28)15-3-7-20-21(12-15)31-10-9-30-20/h1-8,11-13H,9-10H2,(H,27,28)/b26-13+. The molecule has 1 aliphatic heterocycles. The van der Waals surface area contributed by atoms with Gasteiger partial charge in [-0.25, -0.2) is 10.2 Å². The first-order valence-electron chi connectivity index (χ1n) is 9.50. The van der Waals surface area contributed by atoms with Gasteiger partial charge in [-0.15, -0.1) is 0 Å². The van der Waals surface area contributed by atoms with E-state index < -0.39 is 11.9 Å². The summed E-state index contributed by atoms with van der Waals surface area (Å²) in [7, 11) is 0. The molecule has 1 N–H and O–H groups in total. The van der Waals surface area contributed by atoms with Crippen LogP contribution in [0.5, 0.6) is 17.2 Å². The number of ether oxygens (including phenoxy) is 3. The number of rotatable bonds is 5. The highest BCUT2D eigenvalue weighted by atomic mass is 79.9. The van der Waals surface area contributed by atoms with E-state index in [1.807, 2.05) is 0 Å². The normalized spacial score (nSPS) is 12.4. The van der Waals surface area contributed by atoms with Gasteiger partial charge in [0.05, 0.1) is 11.8 Å². The van der Waals surface area contributed by atoms with Crippen LogP contribution in [0.4, 0.5) is 0 Å². The number of carbonyl (C=O) groups excluding carboxylic acids is 2. The van der Waals surface area contributed by atoms with Crippen LogP contribution in [0.15, 0.2) is 74.7 Å². The molecular weight excluding hydrogens is 544 g/mol. The fourth-order valence-electron chi connectivity index (χ4n) is 2.87. The first kappa shape index (κ1) is 22.0. The number of hydrogen-bond donors (Lipinski definition) is 1. The third-order valence-electron chi connectivity index (χ3n) is 4.43. The van der Waals surface area contributed by atoms with Gasteiger partial charge >= 0.3 is 5.97 Å². The molecule has 9 heteroatoms. The van der Waals surface area contributed by atoms with Gasteiger partial charge in [-0.05, 0) is 60.7 Å². The number of benzene rings is 3. The van der Waals surface area contributed by atoms with Gasteiger partial charge in [0.15, 0.2) is 11.5 Å². The summed E-state index contributed by atoms with van der Waals surface area (Å²) in [6.07, 6.45) is 1.41. The number of carbonyl (C=O) groups is 2. The first-order valence-corrected chi connectivity index (χ1v) is 11.1. The molecule has 0 spiro atoms. The Hall–Kier alpha value is -3.17. The molecule has 0 radical (unpaired) electrons. The van der Waals surface area contributed by atoms with Gasteiger partial charge in [-0.3, -0.25) is 4.79 Å². The number of esters is 1. The molecule has 0 fully saturated rings. The van der Waals surface area contributed by atoms with E-state index >= 15 is 0 Å². The van der Waals surface area contributed by atoms with E-state index in [-0.39, 0.29) is 0 Å². The Kier molecular flexibility index (Phi) is 6.87. The molecule has 0 unspecified atom stereocenters. The summed E-state index contributed by atoms with van der Waals surface area (Å²) < 4.78 is 18.1. The van der Waals surface area contributed by atoms with Crippen molar-refractivity contribution in [3.8, 4) is 17.2 Å². The van der Waals surface area contributed by atoms with Crippen LogP contribution in [0.2, 0.25) is 0 Å². The number of amides is 1. The van der Waals surface area contributed by atoms with Crippen molar-refractivity contribution < 1.29 is 23.8 Å². The average Bonchev–Trinajstić information content (AvgIpc) is 2.80. The van der Waals surface area contributed by atoms with Gasteiger partial charge in [0, 0.05) is 20.1 Å². The monoisotopic (exact) mass is 558 g/mol. The summed E-state index contributed by atoms with van der Waals surface area (Å²) in [5, 5.41) is 4.01. The summed E-state index contributed by atoms with van der Waals surface area (Å²) in [5.74, 6) is 0.500. The molecule has 32 heavy (non-hydrogen) atoms. The van der Waals surface area contributed by atoms with E-state index in [0.717, 1.165) is 8.95 Å². The molecular formula is C23H16Br2N2O5. The molecule has 3 aromatic carbocycles. The fourth-order valence-corrected chi connectivity index (χ4v) is 3.51. The van der Waals surface area contributed by atoms with Gasteiger partial charge < -0.3 is 14.2 Å². The van der Waals surface area contributed by atoms with Crippen LogP contribution < -0.4 is 19.6 Å². The predicted octanol–water partition coefficient (Wildman–Crippen LogP) is 4.97. The van der Waals surface area contributed by atoms with Gasteiger partial charge in [0.25, 0.3) is 5.91 Å². The van der Waals surface area contributed by atoms with Gasteiger partial charge in [0.1, 0.15) is 19.0 Å². The van der Waals surface area contributed by atoms with Crippen molar-refractivity contribution in [1.82, 2.24) is 5.43 Å². The third-order valence-corrected chi connectivity index (χ3v) is 5.45. The van der Waals surface area contributed by atoms with E-state index in [1.54, 1.807) is 60.7 Å². The van der Waals surface area contributed by atoms with Crippen LogP contribution in [0, 0.1) is 0 Å². The lowest BCUT2D eigenvalue weighted by Gasteiger charge is -2.18. The Morgan fingerprint density at radius 3 is 2.34 bits per heavy atom. The minimum Gasteiger partial charge on any atom is -0.486 e. The summed E-state index contributed by atoms with van der Waals surface area (Å²) in [6.45, 7) is 0.908. The molecule has 4 rings (SSSR count). The molecule has 0 atom stereocenters. The van der Waals surface area contributed by atoms with Crippen LogP contribution in [0.1, 0.15) is 26.3 Å². The largest absolute Gasteiger partial charge is 0.486 e. The van der Waals surface area contributed by atoms with Gasteiger partial charge in [-0.1, -0.05) is 31.9 Å². The molecule has 1 aliphatic rings. The van der Waals surface area contributed by atoms with Crippen molar-refractivity contribution in [2.75, 3.05) is 13.2 Å². The van der Waals surface area contributed by atoms with Crippen LogP contribution in [-0.4, -0.2) is 31.3 Å². The molecule has 0 saturated heterocycles. The molecule has 0 aromatic heterocycles.